The molecule has 0 spiro atoms. The third-order valence-corrected chi connectivity index (χ3v) is 7.87. The number of aromatic nitrogens is 1. The van der Waals surface area contributed by atoms with Gasteiger partial charge in [-0.05, 0) is 61.8 Å². The number of hydrogen-bond acceptors (Lipinski definition) is 6. The molecular formula is C23H27FN4O4S. The van der Waals surface area contributed by atoms with Gasteiger partial charge in [-0.2, -0.15) is 12.7 Å². The van der Waals surface area contributed by atoms with Crippen molar-refractivity contribution in [2.75, 3.05) is 31.1 Å². The lowest BCUT2D eigenvalue weighted by Crippen LogP contribution is -2.49. The molecule has 8 nitrogen and oxygen atoms in total. The van der Waals surface area contributed by atoms with Gasteiger partial charge in [0.05, 0.1) is 12.1 Å². The van der Waals surface area contributed by atoms with Gasteiger partial charge in [-0.3, -0.25) is 4.79 Å². The van der Waals surface area contributed by atoms with Crippen LogP contribution in [0.25, 0.3) is 0 Å². The smallest absolute Gasteiger partial charge is 0.304 e. The number of carbonyl (C=O) groups is 1. The molecule has 2 aromatic rings. The first kappa shape index (κ1) is 22.1. The van der Waals surface area contributed by atoms with E-state index in [1.54, 1.807) is 6.20 Å². The number of nitrogens with zero attached hydrogens (tertiary/aromatic N) is 3. The summed E-state index contributed by atoms with van der Waals surface area (Å²) < 4.78 is 48.9. The van der Waals surface area contributed by atoms with Crippen LogP contribution in [0.4, 0.5) is 10.2 Å². The number of halogens is 1. The number of pyridine rings is 1. The second-order valence-corrected chi connectivity index (χ2v) is 10.5. The van der Waals surface area contributed by atoms with Crippen LogP contribution in [-0.2, 0) is 10.2 Å². The van der Waals surface area contributed by atoms with Crippen molar-refractivity contribution in [2.45, 2.75) is 44.1 Å². The maximum atomic E-state index is 15.0. The molecule has 1 unspecified atom stereocenters. The standard InChI is InChI=1S/C23H27FN4O4S/c24-20-14-21(32-17-5-3-10-27(15-17)22-6-1-2-9-25-22)18(16-7-8-16)13-19(20)23(29)26-33(30,31)28-11-4-12-28/h1-2,6,9,13-14,16-17H,3-5,7-8,10-12,15H2,(H,26,29). The Hall–Kier alpha value is -2.72. The molecule has 1 aliphatic carbocycles. The Morgan fingerprint density at radius 3 is 2.61 bits per heavy atom. The maximum absolute atomic E-state index is 15.0. The molecule has 2 aliphatic heterocycles. The van der Waals surface area contributed by atoms with Gasteiger partial charge in [0, 0.05) is 31.9 Å². The van der Waals surface area contributed by atoms with Gasteiger partial charge in [0.25, 0.3) is 5.91 Å². The van der Waals surface area contributed by atoms with Crippen molar-refractivity contribution in [2.24, 2.45) is 0 Å². The Balaban J connectivity index is 1.34. The highest BCUT2D eigenvalue weighted by atomic mass is 32.2. The average molecular weight is 475 g/mol. The minimum atomic E-state index is -3.95. The fourth-order valence-electron chi connectivity index (χ4n) is 4.29. The summed E-state index contributed by atoms with van der Waals surface area (Å²) in [6, 6.07) is 8.47. The molecule has 1 aromatic carbocycles. The number of nitrogens with one attached hydrogen (secondary N) is 1. The second kappa shape index (κ2) is 8.90. The van der Waals surface area contributed by atoms with Gasteiger partial charge < -0.3 is 9.64 Å². The summed E-state index contributed by atoms with van der Waals surface area (Å²) in [6.45, 7) is 2.24. The molecule has 33 heavy (non-hydrogen) atoms. The largest absolute Gasteiger partial charge is 0.488 e. The highest BCUT2D eigenvalue weighted by Gasteiger charge is 2.33. The number of anilines is 1. The minimum Gasteiger partial charge on any atom is -0.488 e. The molecule has 3 heterocycles. The molecule has 1 saturated carbocycles. The van der Waals surface area contributed by atoms with Crippen LogP contribution in [0.5, 0.6) is 5.75 Å². The lowest BCUT2D eigenvalue weighted by molar-refractivity contribution is 0.0973. The summed E-state index contributed by atoms with van der Waals surface area (Å²) in [5.74, 6) is -0.232. The summed E-state index contributed by atoms with van der Waals surface area (Å²) in [5.41, 5.74) is 0.491. The zero-order chi connectivity index (χ0) is 23.0. The molecular weight excluding hydrogens is 447 g/mol. The van der Waals surface area contributed by atoms with Crippen molar-refractivity contribution in [1.29, 1.82) is 0 Å². The van der Waals surface area contributed by atoms with Gasteiger partial charge in [0.2, 0.25) is 0 Å². The van der Waals surface area contributed by atoms with E-state index in [1.165, 1.54) is 16.4 Å². The summed E-state index contributed by atoms with van der Waals surface area (Å²) >= 11 is 0. The van der Waals surface area contributed by atoms with E-state index in [2.05, 4.69) is 9.88 Å². The minimum absolute atomic E-state index is 0.135. The Morgan fingerprint density at radius 2 is 1.94 bits per heavy atom. The topological polar surface area (TPSA) is 91.8 Å². The van der Waals surface area contributed by atoms with Crippen molar-refractivity contribution in [3.8, 4) is 5.75 Å². The molecule has 10 heteroatoms. The van der Waals surface area contributed by atoms with Crippen molar-refractivity contribution in [3.63, 3.8) is 0 Å². The molecule has 1 amide bonds. The van der Waals surface area contributed by atoms with Crippen LogP contribution in [0, 0.1) is 5.82 Å². The van der Waals surface area contributed by atoms with E-state index in [9.17, 15) is 17.6 Å². The van der Waals surface area contributed by atoms with Gasteiger partial charge in [0.1, 0.15) is 23.5 Å². The molecule has 0 radical (unpaired) electrons. The SMILES string of the molecule is O=C(NS(=O)(=O)N1CCC1)c1cc(C2CC2)c(OC2CCCN(c3ccccn3)C2)cc1F. The van der Waals surface area contributed by atoms with E-state index in [0.29, 0.717) is 25.4 Å². The first-order valence-electron chi connectivity index (χ1n) is 11.4. The Bertz CT molecular complexity index is 1140. The van der Waals surface area contributed by atoms with Crippen LogP contribution < -0.4 is 14.4 Å². The van der Waals surface area contributed by atoms with E-state index in [0.717, 1.165) is 50.0 Å². The molecule has 5 rings (SSSR count). The van der Waals surface area contributed by atoms with Crippen molar-refractivity contribution in [1.82, 2.24) is 14.0 Å². The van der Waals surface area contributed by atoms with Gasteiger partial charge in [-0.15, -0.1) is 0 Å². The normalized spacial score (nSPS) is 21.4. The summed E-state index contributed by atoms with van der Waals surface area (Å²) in [5, 5.41) is 0. The van der Waals surface area contributed by atoms with Crippen LogP contribution in [0.1, 0.15) is 53.9 Å². The molecule has 2 saturated heterocycles. The maximum Gasteiger partial charge on any atom is 0.304 e. The average Bonchev–Trinajstić information content (AvgIpc) is 3.58. The van der Waals surface area contributed by atoms with Crippen LogP contribution >= 0.6 is 0 Å². The van der Waals surface area contributed by atoms with Crippen LogP contribution in [0.3, 0.4) is 0 Å². The zero-order valence-corrected chi connectivity index (χ0v) is 19.1. The Morgan fingerprint density at radius 1 is 1.12 bits per heavy atom. The number of ether oxygens (including phenoxy) is 1. The quantitative estimate of drug-likeness (QED) is 0.664. The fraction of sp³-hybridized carbons (Fsp3) is 0.478. The number of carbonyl (C=O) groups excluding carboxylic acids is 1. The Kier molecular flexibility index (Phi) is 5.96. The predicted octanol–water partition coefficient (Wildman–Crippen LogP) is 2.83. The first-order chi connectivity index (χ1) is 15.9. The summed E-state index contributed by atoms with van der Waals surface area (Å²) in [6.07, 6.45) is 6.00. The van der Waals surface area contributed by atoms with Crippen molar-refractivity contribution < 1.29 is 22.3 Å². The van der Waals surface area contributed by atoms with E-state index < -0.39 is 21.9 Å². The lowest BCUT2D eigenvalue weighted by atomic mass is 10.0. The Labute approximate surface area is 192 Å². The van der Waals surface area contributed by atoms with Gasteiger partial charge >= 0.3 is 10.2 Å². The number of rotatable bonds is 7. The van der Waals surface area contributed by atoms with Crippen molar-refractivity contribution in [3.05, 3.63) is 53.5 Å². The van der Waals surface area contributed by atoms with Gasteiger partial charge in [0.15, 0.2) is 0 Å². The van der Waals surface area contributed by atoms with Crippen molar-refractivity contribution >= 4 is 21.9 Å². The number of benzene rings is 1. The molecule has 0 bridgehead atoms. The third-order valence-electron chi connectivity index (χ3n) is 6.38. The zero-order valence-electron chi connectivity index (χ0n) is 18.2. The third kappa shape index (κ3) is 4.81. The van der Waals surface area contributed by atoms with E-state index >= 15 is 0 Å². The van der Waals surface area contributed by atoms with Crippen LogP contribution in [-0.4, -0.2) is 55.9 Å². The molecule has 176 valence electrons. The molecule has 1 N–H and O–H groups in total. The summed E-state index contributed by atoms with van der Waals surface area (Å²) in [4.78, 5) is 19.2. The lowest BCUT2D eigenvalue weighted by Gasteiger charge is -2.34. The first-order valence-corrected chi connectivity index (χ1v) is 12.8. The predicted molar refractivity (Wildman–Crippen MR) is 121 cm³/mol. The second-order valence-electron chi connectivity index (χ2n) is 8.85. The molecule has 3 aliphatic rings. The van der Waals surface area contributed by atoms with Crippen LogP contribution in [0.2, 0.25) is 0 Å². The summed E-state index contributed by atoms with van der Waals surface area (Å²) in [7, 11) is -3.95. The van der Waals surface area contributed by atoms with Crippen LogP contribution in [0.15, 0.2) is 36.5 Å². The van der Waals surface area contributed by atoms with Gasteiger partial charge in [-0.25, -0.2) is 14.1 Å². The number of amides is 1. The molecule has 1 atom stereocenters. The monoisotopic (exact) mass is 474 g/mol. The van der Waals surface area contributed by atoms with E-state index in [1.807, 2.05) is 22.9 Å². The molecule has 3 fully saturated rings. The highest BCUT2D eigenvalue weighted by molar-refractivity contribution is 7.87. The highest BCUT2D eigenvalue weighted by Crippen LogP contribution is 2.45. The number of hydrogen-bond donors (Lipinski definition) is 1. The fourth-order valence-corrected chi connectivity index (χ4v) is 5.50. The number of piperidine rings is 1. The van der Waals surface area contributed by atoms with E-state index in [4.69, 9.17) is 4.74 Å². The van der Waals surface area contributed by atoms with E-state index in [-0.39, 0.29) is 17.6 Å². The molecule has 1 aromatic heterocycles. The van der Waals surface area contributed by atoms with Gasteiger partial charge in [-0.1, -0.05) is 6.07 Å².